The molecule has 0 fully saturated rings. The van der Waals surface area contributed by atoms with Gasteiger partial charge in [-0.25, -0.2) is 9.97 Å². The third-order valence-electron chi connectivity index (χ3n) is 3.14. The molecule has 2 rings (SSSR count). The van der Waals surface area contributed by atoms with E-state index in [1.807, 2.05) is 19.2 Å². The molecule has 0 radical (unpaired) electrons. The van der Waals surface area contributed by atoms with E-state index in [1.165, 1.54) is 12.0 Å². The van der Waals surface area contributed by atoms with E-state index >= 15 is 0 Å². The minimum atomic E-state index is 0.840. The van der Waals surface area contributed by atoms with Gasteiger partial charge in [0.1, 0.15) is 18.0 Å². The van der Waals surface area contributed by atoms with Gasteiger partial charge in [-0.3, -0.25) is 0 Å². The van der Waals surface area contributed by atoms with E-state index in [1.54, 1.807) is 6.33 Å². The second-order valence-corrected chi connectivity index (χ2v) is 4.88. The number of nitrogens with one attached hydrogen (secondary N) is 1. The van der Waals surface area contributed by atoms with E-state index in [-0.39, 0.29) is 0 Å². The summed E-state index contributed by atoms with van der Waals surface area (Å²) in [6, 6.07) is 12.4. The molecule has 0 aliphatic carbocycles. The van der Waals surface area contributed by atoms with Gasteiger partial charge in [0.15, 0.2) is 0 Å². The van der Waals surface area contributed by atoms with Crippen LogP contribution in [0.5, 0.6) is 0 Å². The van der Waals surface area contributed by atoms with Gasteiger partial charge in [-0.1, -0.05) is 43.7 Å². The molecule has 4 nitrogen and oxygen atoms in total. The smallest absolute Gasteiger partial charge is 0.134 e. The zero-order valence-corrected chi connectivity index (χ0v) is 12.2. The lowest BCUT2D eigenvalue weighted by molar-refractivity contribution is 0.828. The molecule has 0 atom stereocenters. The number of benzene rings is 1. The lowest BCUT2D eigenvalue weighted by Crippen LogP contribution is -2.18. The van der Waals surface area contributed by atoms with E-state index in [0.29, 0.717) is 0 Å². The Morgan fingerprint density at radius 2 is 1.95 bits per heavy atom. The van der Waals surface area contributed by atoms with Crippen molar-refractivity contribution in [1.82, 2.24) is 9.97 Å². The highest BCUT2D eigenvalue weighted by molar-refractivity contribution is 5.48. The van der Waals surface area contributed by atoms with E-state index in [4.69, 9.17) is 0 Å². The molecule has 2 aromatic rings. The van der Waals surface area contributed by atoms with E-state index in [2.05, 4.69) is 51.4 Å². The zero-order valence-electron chi connectivity index (χ0n) is 12.2. The van der Waals surface area contributed by atoms with Crippen molar-refractivity contribution in [3.8, 4) is 0 Å². The number of hydrogen-bond donors (Lipinski definition) is 1. The van der Waals surface area contributed by atoms with Gasteiger partial charge in [-0.15, -0.1) is 0 Å². The standard InChI is InChI=1S/C16H22N4/c1-3-4-10-17-15-11-16(19-13-18-15)20(2)12-14-8-6-5-7-9-14/h5-9,11,13H,3-4,10,12H2,1-2H3,(H,17,18,19). The fraction of sp³-hybridized carbons (Fsp3) is 0.375. The molecule has 1 aromatic carbocycles. The minimum absolute atomic E-state index is 0.840. The lowest BCUT2D eigenvalue weighted by atomic mass is 10.2. The van der Waals surface area contributed by atoms with Crippen molar-refractivity contribution in [1.29, 1.82) is 0 Å². The van der Waals surface area contributed by atoms with Crippen LogP contribution >= 0.6 is 0 Å². The number of nitrogens with zero attached hydrogens (tertiary/aromatic N) is 3. The molecular weight excluding hydrogens is 248 g/mol. The fourth-order valence-corrected chi connectivity index (χ4v) is 1.98. The Hall–Kier alpha value is -2.10. The van der Waals surface area contributed by atoms with Gasteiger partial charge in [-0.2, -0.15) is 0 Å². The molecule has 1 aromatic heterocycles. The summed E-state index contributed by atoms with van der Waals surface area (Å²) in [4.78, 5) is 10.7. The topological polar surface area (TPSA) is 41.0 Å². The molecule has 0 amide bonds. The highest BCUT2D eigenvalue weighted by Gasteiger charge is 2.05. The Morgan fingerprint density at radius 1 is 1.15 bits per heavy atom. The minimum Gasteiger partial charge on any atom is -0.370 e. The van der Waals surface area contributed by atoms with Gasteiger partial charge < -0.3 is 10.2 Å². The third kappa shape index (κ3) is 4.23. The van der Waals surface area contributed by atoms with Gasteiger partial charge in [-0.05, 0) is 12.0 Å². The summed E-state index contributed by atoms with van der Waals surface area (Å²) in [5.74, 6) is 1.83. The molecule has 4 heteroatoms. The van der Waals surface area contributed by atoms with Crippen LogP contribution in [0.4, 0.5) is 11.6 Å². The predicted molar refractivity (Wildman–Crippen MR) is 84.0 cm³/mol. The Bertz CT molecular complexity index is 513. The van der Waals surface area contributed by atoms with Crippen molar-refractivity contribution < 1.29 is 0 Å². The van der Waals surface area contributed by atoms with Crippen LogP contribution < -0.4 is 10.2 Å². The first-order chi connectivity index (χ1) is 9.79. The molecule has 106 valence electrons. The van der Waals surface area contributed by atoms with Gasteiger partial charge in [0.05, 0.1) is 0 Å². The van der Waals surface area contributed by atoms with Gasteiger partial charge in [0.25, 0.3) is 0 Å². The quantitative estimate of drug-likeness (QED) is 0.784. The van der Waals surface area contributed by atoms with Crippen LogP contribution in [-0.2, 0) is 6.54 Å². The molecular formula is C16H22N4. The van der Waals surface area contributed by atoms with Gasteiger partial charge in [0.2, 0.25) is 0 Å². The Balaban J connectivity index is 1.99. The molecule has 0 spiro atoms. The first-order valence-electron chi connectivity index (χ1n) is 7.10. The number of aromatic nitrogens is 2. The molecule has 1 N–H and O–H groups in total. The summed E-state index contributed by atoms with van der Waals surface area (Å²) in [7, 11) is 2.05. The maximum atomic E-state index is 4.34. The van der Waals surface area contributed by atoms with Crippen LogP contribution in [0.3, 0.4) is 0 Å². The summed E-state index contributed by atoms with van der Waals surface area (Å²) in [6.45, 7) is 3.97. The summed E-state index contributed by atoms with van der Waals surface area (Å²) in [5, 5.41) is 3.33. The first kappa shape index (κ1) is 14.3. The molecule has 0 saturated carbocycles. The van der Waals surface area contributed by atoms with Crippen molar-refractivity contribution in [2.75, 3.05) is 23.8 Å². The third-order valence-corrected chi connectivity index (χ3v) is 3.14. The maximum absolute atomic E-state index is 4.34. The first-order valence-corrected chi connectivity index (χ1v) is 7.10. The summed E-state index contributed by atoms with van der Waals surface area (Å²) in [6.07, 6.45) is 3.95. The predicted octanol–water partition coefficient (Wildman–Crippen LogP) is 3.33. The van der Waals surface area contributed by atoms with E-state index in [9.17, 15) is 0 Å². The number of unbranched alkanes of at least 4 members (excludes halogenated alkanes) is 1. The van der Waals surface area contributed by atoms with Crippen LogP contribution in [0, 0.1) is 0 Å². The maximum Gasteiger partial charge on any atom is 0.134 e. The zero-order chi connectivity index (χ0) is 14.2. The lowest BCUT2D eigenvalue weighted by Gasteiger charge is -2.18. The largest absolute Gasteiger partial charge is 0.370 e. The summed E-state index contributed by atoms with van der Waals surface area (Å²) >= 11 is 0. The number of rotatable bonds is 7. The molecule has 0 saturated heterocycles. The van der Waals surface area contributed by atoms with Crippen molar-refractivity contribution >= 4 is 11.6 Å². The normalized spacial score (nSPS) is 10.3. The second kappa shape index (κ2) is 7.48. The molecule has 0 bridgehead atoms. The van der Waals surface area contributed by atoms with Crippen molar-refractivity contribution in [2.45, 2.75) is 26.3 Å². The average molecular weight is 270 g/mol. The Morgan fingerprint density at radius 3 is 2.70 bits per heavy atom. The highest BCUT2D eigenvalue weighted by Crippen LogP contribution is 2.15. The fourth-order valence-electron chi connectivity index (χ4n) is 1.98. The number of hydrogen-bond acceptors (Lipinski definition) is 4. The molecule has 0 aliphatic rings. The highest BCUT2D eigenvalue weighted by atomic mass is 15.2. The summed E-state index contributed by atoms with van der Waals surface area (Å²) in [5.41, 5.74) is 1.27. The van der Waals surface area contributed by atoms with Crippen LogP contribution in [0.2, 0.25) is 0 Å². The van der Waals surface area contributed by atoms with E-state index < -0.39 is 0 Å². The monoisotopic (exact) mass is 270 g/mol. The molecule has 0 unspecified atom stereocenters. The molecule has 1 heterocycles. The van der Waals surface area contributed by atoms with Crippen molar-refractivity contribution in [3.05, 3.63) is 48.3 Å². The van der Waals surface area contributed by atoms with Crippen LogP contribution in [0.25, 0.3) is 0 Å². The average Bonchev–Trinajstić information content (AvgIpc) is 2.49. The SMILES string of the molecule is CCCCNc1cc(N(C)Cc2ccccc2)ncn1. The second-order valence-electron chi connectivity index (χ2n) is 4.88. The van der Waals surface area contributed by atoms with Gasteiger partial charge in [0, 0.05) is 26.2 Å². The molecule has 20 heavy (non-hydrogen) atoms. The van der Waals surface area contributed by atoms with E-state index in [0.717, 1.165) is 31.1 Å². The van der Waals surface area contributed by atoms with Crippen LogP contribution in [0.15, 0.2) is 42.7 Å². The van der Waals surface area contributed by atoms with Crippen LogP contribution in [-0.4, -0.2) is 23.6 Å². The molecule has 0 aliphatic heterocycles. The van der Waals surface area contributed by atoms with Crippen molar-refractivity contribution in [2.24, 2.45) is 0 Å². The van der Waals surface area contributed by atoms with Crippen molar-refractivity contribution in [3.63, 3.8) is 0 Å². The van der Waals surface area contributed by atoms with Crippen LogP contribution in [0.1, 0.15) is 25.3 Å². The number of anilines is 2. The Kier molecular flexibility index (Phi) is 5.35. The Labute approximate surface area is 120 Å². The summed E-state index contributed by atoms with van der Waals surface area (Å²) < 4.78 is 0. The van der Waals surface area contributed by atoms with Gasteiger partial charge >= 0.3 is 0 Å².